The number of nitrogens with one attached hydrogen (secondary N) is 1. The van der Waals surface area contributed by atoms with E-state index in [1.54, 1.807) is 24.7 Å². The van der Waals surface area contributed by atoms with Gasteiger partial charge in [0.25, 0.3) is 11.6 Å². The van der Waals surface area contributed by atoms with E-state index in [9.17, 15) is 19.7 Å². The molecule has 1 atom stereocenters. The summed E-state index contributed by atoms with van der Waals surface area (Å²) in [5, 5.41) is 16.4. The summed E-state index contributed by atoms with van der Waals surface area (Å²) in [6, 6.07) is 28.0. The summed E-state index contributed by atoms with van der Waals surface area (Å²) in [4.78, 5) is 44.3. The van der Waals surface area contributed by atoms with Gasteiger partial charge >= 0.3 is 0 Å². The van der Waals surface area contributed by atoms with Crippen molar-refractivity contribution in [2.24, 2.45) is 5.92 Å². The second-order valence-electron chi connectivity index (χ2n) is 12.1. The van der Waals surface area contributed by atoms with Crippen LogP contribution in [0.1, 0.15) is 53.0 Å². The van der Waals surface area contributed by atoms with Gasteiger partial charge < -0.3 is 14.8 Å². The van der Waals surface area contributed by atoms with Crippen LogP contribution in [0.5, 0.6) is 0 Å². The number of nitro benzene ring substituents is 1. The number of amides is 2. The molecule has 1 N–H and O–H groups in total. The highest BCUT2D eigenvalue weighted by molar-refractivity contribution is 5.96. The van der Waals surface area contributed by atoms with Crippen LogP contribution in [-0.4, -0.2) is 43.8 Å². The predicted octanol–water partition coefficient (Wildman–Crippen LogP) is 6.72. The Morgan fingerprint density at radius 1 is 0.957 bits per heavy atom. The molecule has 0 fully saturated rings. The van der Waals surface area contributed by atoms with Crippen LogP contribution in [0.15, 0.2) is 104 Å². The lowest BCUT2D eigenvalue weighted by Crippen LogP contribution is -2.47. The van der Waals surface area contributed by atoms with Gasteiger partial charge in [0.15, 0.2) is 0 Å². The zero-order valence-electron chi connectivity index (χ0n) is 26.4. The number of aromatic nitrogens is 2. The van der Waals surface area contributed by atoms with E-state index in [1.807, 2.05) is 58.9 Å². The lowest BCUT2D eigenvalue weighted by molar-refractivity contribution is -0.384. The van der Waals surface area contributed by atoms with Crippen LogP contribution in [0, 0.1) is 23.0 Å². The number of fused-ring (bicyclic) bond motifs is 1. The van der Waals surface area contributed by atoms with Crippen molar-refractivity contribution in [3.63, 3.8) is 0 Å². The Morgan fingerprint density at radius 2 is 1.67 bits per heavy atom. The van der Waals surface area contributed by atoms with Crippen molar-refractivity contribution in [1.82, 2.24) is 19.8 Å². The number of nitro groups is 1. The first kappa shape index (κ1) is 32.1. The smallest absolute Gasteiger partial charge is 0.269 e. The lowest BCUT2D eigenvalue weighted by Gasteiger charge is -2.30. The van der Waals surface area contributed by atoms with E-state index in [-0.39, 0.29) is 35.9 Å². The molecule has 46 heavy (non-hydrogen) atoms. The van der Waals surface area contributed by atoms with Gasteiger partial charge in [-0.3, -0.25) is 19.7 Å². The predicted molar refractivity (Wildman–Crippen MR) is 179 cm³/mol. The molecule has 0 aliphatic heterocycles. The number of aryl methyl sites for hydroxylation is 1. The third-order valence-electron chi connectivity index (χ3n) is 8.11. The van der Waals surface area contributed by atoms with Crippen molar-refractivity contribution in [3.05, 3.63) is 142 Å². The van der Waals surface area contributed by atoms with E-state index in [0.717, 1.165) is 33.2 Å². The zero-order chi connectivity index (χ0) is 32.6. The quantitative estimate of drug-likeness (QED) is 0.117. The van der Waals surface area contributed by atoms with Gasteiger partial charge in [-0.05, 0) is 52.8 Å². The first-order valence-electron chi connectivity index (χ1n) is 15.5. The van der Waals surface area contributed by atoms with Gasteiger partial charge in [0.1, 0.15) is 0 Å². The average Bonchev–Trinajstić information content (AvgIpc) is 3.46. The normalized spacial score (nSPS) is 11.8. The Morgan fingerprint density at radius 3 is 2.41 bits per heavy atom. The molecule has 5 rings (SSSR count). The third kappa shape index (κ3) is 8.04. The van der Waals surface area contributed by atoms with E-state index in [2.05, 4.69) is 48.4 Å². The summed E-state index contributed by atoms with van der Waals surface area (Å²) in [6.45, 7) is 7.34. The molecule has 0 radical (unpaired) electrons. The maximum Gasteiger partial charge on any atom is 0.269 e. The first-order valence-corrected chi connectivity index (χ1v) is 15.5. The van der Waals surface area contributed by atoms with Gasteiger partial charge in [-0.1, -0.05) is 86.6 Å². The minimum atomic E-state index is -0.428. The molecule has 0 aliphatic carbocycles. The molecule has 9 nitrogen and oxygen atoms in total. The molecule has 2 amide bonds. The van der Waals surface area contributed by atoms with E-state index in [0.29, 0.717) is 31.6 Å². The van der Waals surface area contributed by atoms with Gasteiger partial charge in [-0.25, -0.2) is 4.98 Å². The molecule has 0 bridgehead atoms. The third-order valence-corrected chi connectivity index (χ3v) is 8.11. The van der Waals surface area contributed by atoms with Crippen molar-refractivity contribution in [2.45, 2.75) is 52.7 Å². The molecular weight excluding hydrogens is 578 g/mol. The Kier molecular flexibility index (Phi) is 10.2. The molecule has 1 heterocycles. The SMILES string of the molecule is Cc1ccccc1C(=O)N(Cc1cccc2ccccc12)C[C@H](CC(C)C)NC(=O)Cc1cncn1Cc1ccc([N+](=O)[O-])cc1. The molecule has 0 saturated heterocycles. The van der Waals surface area contributed by atoms with Crippen LogP contribution < -0.4 is 5.32 Å². The maximum absolute atomic E-state index is 14.1. The Bertz CT molecular complexity index is 1820. The van der Waals surface area contributed by atoms with Gasteiger partial charge in [0, 0.05) is 55.3 Å². The van der Waals surface area contributed by atoms with Crippen molar-refractivity contribution in [1.29, 1.82) is 0 Å². The maximum atomic E-state index is 14.1. The number of benzene rings is 4. The highest BCUT2D eigenvalue weighted by atomic mass is 16.6. The molecule has 5 aromatic rings. The second kappa shape index (κ2) is 14.6. The number of nitrogens with zero attached hydrogens (tertiary/aromatic N) is 4. The van der Waals surface area contributed by atoms with Crippen molar-refractivity contribution < 1.29 is 14.5 Å². The van der Waals surface area contributed by atoms with Crippen LogP contribution in [-0.2, 0) is 24.3 Å². The number of non-ortho nitro benzene ring substituents is 1. The molecule has 9 heteroatoms. The molecule has 0 unspecified atom stereocenters. The van der Waals surface area contributed by atoms with Crippen LogP contribution in [0.4, 0.5) is 5.69 Å². The fourth-order valence-corrected chi connectivity index (χ4v) is 5.85. The standard InChI is InChI=1S/C37H39N5O4/c1-26(2)19-31(39-36(43)20-33-21-38-25-41(33)22-28-15-17-32(18-16-28)42(45)46)24-40(37(44)34-13-6-4-9-27(34)3)23-30-12-8-11-29-10-5-7-14-35(29)30/h4-18,21,25-26,31H,19-20,22-24H2,1-3H3,(H,39,43)/t31-/m0/s1. The second-order valence-corrected chi connectivity index (χ2v) is 12.1. The average molecular weight is 618 g/mol. The molecule has 0 saturated carbocycles. The Hall–Kier alpha value is -5.31. The summed E-state index contributed by atoms with van der Waals surface area (Å²) >= 11 is 0. The van der Waals surface area contributed by atoms with E-state index in [4.69, 9.17) is 0 Å². The van der Waals surface area contributed by atoms with Crippen molar-refractivity contribution >= 4 is 28.3 Å². The van der Waals surface area contributed by atoms with Crippen molar-refractivity contribution in [3.8, 4) is 0 Å². The van der Waals surface area contributed by atoms with Crippen LogP contribution in [0.25, 0.3) is 10.8 Å². The number of carbonyl (C=O) groups is 2. The van der Waals surface area contributed by atoms with Gasteiger partial charge in [0.05, 0.1) is 17.7 Å². The number of hydrogen-bond acceptors (Lipinski definition) is 5. The van der Waals surface area contributed by atoms with Crippen LogP contribution >= 0.6 is 0 Å². The van der Waals surface area contributed by atoms with Gasteiger partial charge in [-0.15, -0.1) is 0 Å². The Balaban J connectivity index is 1.35. The van der Waals surface area contributed by atoms with Gasteiger partial charge in [-0.2, -0.15) is 0 Å². The number of rotatable bonds is 13. The molecule has 0 spiro atoms. The summed E-state index contributed by atoms with van der Waals surface area (Å²) in [7, 11) is 0. The molecule has 1 aromatic heterocycles. The first-order chi connectivity index (χ1) is 22.2. The zero-order valence-corrected chi connectivity index (χ0v) is 26.4. The fourth-order valence-electron chi connectivity index (χ4n) is 5.85. The molecular formula is C37H39N5O4. The van der Waals surface area contributed by atoms with Gasteiger partial charge in [0.2, 0.25) is 5.91 Å². The number of carbonyl (C=O) groups excluding carboxylic acids is 2. The van der Waals surface area contributed by atoms with Crippen molar-refractivity contribution in [2.75, 3.05) is 6.54 Å². The highest BCUT2D eigenvalue weighted by Crippen LogP contribution is 2.23. The fraction of sp³-hybridized carbons (Fsp3) is 0.270. The lowest BCUT2D eigenvalue weighted by atomic mass is 10.00. The summed E-state index contributed by atoms with van der Waals surface area (Å²) in [6.07, 6.45) is 4.12. The summed E-state index contributed by atoms with van der Waals surface area (Å²) in [5.41, 5.74) is 4.21. The number of hydrogen-bond donors (Lipinski definition) is 1. The largest absolute Gasteiger partial charge is 0.351 e. The Labute approximate surface area is 269 Å². The monoisotopic (exact) mass is 617 g/mol. The van der Waals surface area contributed by atoms with Crippen LogP contribution in [0.3, 0.4) is 0 Å². The molecule has 236 valence electrons. The highest BCUT2D eigenvalue weighted by Gasteiger charge is 2.25. The van der Waals surface area contributed by atoms with Crippen LogP contribution in [0.2, 0.25) is 0 Å². The molecule has 0 aliphatic rings. The number of imidazole rings is 1. The minimum absolute atomic E-state index is 0.0283. The minimum Gasteiger partial charge on any atom is -0.351 e. The summed E-state index contributed by atoms with van der Waals surface area (Å²) < 4.78 is 1.87. The topological polar surface area (TPSA) is 110 Å². The summed E-state index contributed by atoms with van der Waals surface area (Å²) in [5.74, 6) is 0.0469. The van der Waals surface area contributed by atoms with E-state index in [1.165, 1.54) is 12.1 Å². The van der Waals surface area contributed by atoms with E-state index < -0.39 is 4.92 Å². The van der Waals surface area contributed by atoms with E-state index >= 15 is 0 Å². The molecule has 4 aromatic carbocycles.